The smallest absolute Gasteiger partial charge is 0.418 e. The molecule has 0 nitrogen and oxygen atoms in total. The van der Waals surface area contributed by atoms with Crippen molar-refractivity contribution in [1.82, 2.24) is 0 Å². The molecule has 0 aromatic heterocycles. The minimum Gasteiger partial charge on any atom is -0.418 e. The molecule has 0 N–H and O–H groups in total. The Balaban J connectivity index is 0.000000690. The summed E-state index contributed by atoms with van der Waals surface area (Å²) in [5.74, 6) is 0.0331. The highest BCUT2D eigenvalue weighted by atomic mass is 127. The Morgan fingerprint density at radius 1 is 1.24 bits per heavy atom. The number of halogens is 7. The van der Waals surface area contributed by atoms with Gasteiger partial charge >= 0.3 is 28.5 Å². The van der Waals surface area contributed by atoms with Gasteiger partial charge in [0.05, 0.1) is 11.7 Å². The molecule has 0 spiro atoms. The van der Waals surface area contributed by atoms with Crippen LogP contribution in [0.15, 0.2) is 33.4 Å². The van der Waals surface area contributed by atoms with Crippen LogP contribution >= 0.6 is 11.6 Å². The number of alkyl halides is 1. The molecule has 1 atom stereocenters. The third-order valence-electron chi connectivity index (χ3n) is 2.12. The third-order valence-corrected chi connectivity index (χ3v) is 5.25. The molecule has 0 unspecified atom stereocenters. The Hall–Kier alpha value is -0.305. The molecule has 0 aliphatic heterocycles. The van der Waals surface area contributed by atoms with Crippen molar-refractivity contribution in [1.29, 1.82) is 0 Å². The average Bonchev–Trinajstić information content (AvgIpc) is 2.36. The van der Waals surface area contributed by atoms with E-state index in [2.05, 4.69) is 35.3 Å². The van der Waals surface area contributed by atoms with Crippen LogP contribution in [0.3, 0.4) is 0 Å². The maximum absolute atomic E-state index is 12.3. The van der Waals surface area contributed by atoms with Gasteiger partial charge in [-0.05, 0) is 31.4 Å². The fourth-order valence-electron chi connectivity index (χ4n) is 1.16. The zero-order valence-electron chi connectivity index (χ0n) is 11.6. The van der Waals surface area contributed by atoms with Crippen LogP contribution in [0.25, 0.3) is 0 Å². The van der Waals surface area contributed by atoms with Crippen LogP contribution in [0.1, 0.15) is 18.9 Å². The van der Waals surface area contributed by atoms with E-state index in [4.69, 9.17) is 11.6 Å². The third kappa shape index (κ3) is 14.4. The molecule has 0 aliphatic carbocycles. The van der Waals surface area contributed by atoms with Gasteiger partial charge in [0.2, 0.25) is 0 Å². The monoisotopic (exact) mass is 440 g/mol. The summed E-state index contributed by atoms with van der Waals surface area (Å²) < 4.78 is 54.7. The summed E-state index contributed by atoms with van der Waals surface area (Å²) in [6, 6.07) is 8.51. The van der Waals surface area contributed by atoms with Crippen LogP contribution < -0.4 is 21.2 Å². The van der Waals surface area contributed by atoms with Crippen molar-refractivity contribution < 1.29 is 42.9 Å². The molecule has 0 aliphatic rings. The summed E-state index contributed by atoms with van der Waals surface area (Å²) in [7, 11) is -6.00. The van der Waals surface area contributed by atoms with Crippen molar-refractivity contribution in [3.63, 3.8) is 0 Å². The molecule has 0 amide bonds. The molecule has 0 saturated heterocycles. The summed E-state index contributed by atoms with van der Waals surface area (Å²) in [6.07, 6.45) is 0.656. The number of hydrogen-bond acceptors (Lipinski definition) is 0. The minimum atomic E-state index is -6.00. The summed E-state index contributed by atoms with van der Waals surface area (Å²) in [5.41, 5.74) is 1.27. The predicted molar refractivity (Wildman–Crippen MR) is 73.8 cm³/mol. The molecule has 0 fully saturated rings. The summed E-state index contributed by atoms with van der Waals surface area (Å²) in [4.78, 5) is 0. The first kappa shape index (κ1) is 20.7. The molecule has 0 radical (unpaired) electrons. The molecular formula is C13H16BClF5I. The molecule has 8 heteroatoms. The van der Waals surface area contributed by atoms with Crippen LogP contribution in [0.5, 0.6) is 0 Å². The zero-order chi connectivity index (χ0) is 16.5. The fraction of sp³-hybridized carbons (Fsp3) is 0.385. The van der Waals surface area contributed by atoms with E-state index < -0.39 is 7.25 Å². The second-order valence-electron chi connectivity index (χ2n) is 4.42. The Kier molecular flexibility index (Phi) is 10.3. The molecule has 0 bridgehead atoms. The van der Waals surface area contributed by atoms with Crippen LogP contribution in [0, 0.1) is 16.4 Å². The summed E-state index contributed by atoms with van der Waals surface area (Å²) >= 11 is 5.88. The number of rotatable bonds is 5. The van der Waals surface area contributed by atoms with Crippen molar-refractivity contribution in [3.05, 3.63) is 42.5 Å². The van der Waals surface area contributed by atoms with Crippen molar-refractivity contribution in [2.24, 2.45) is 5.92 Å². The first-order chi connectivity index (χ1) is 9.61. The lowest BCUT2D eigenvalue weighted by Gasteiger charge is -2.01. The van der Waals surface area contributed by atoms with E-state index in [-0.39, 0.29) is 33.8 Å². The Bertz CT molecular complexity index is 427. The maximum atomic E-state index is 12.3. The van der Waals surface area contributed by atoms with Gasteiger partial charge in [-0.3, -0.25) is 4.39 Å². The van der Waals surface area contributed by atoms with E-state index >= 15 is 0 Å². The lowest BCUT2D eigenvalue weighted by atomic mass is 10.1. The number of allylic oxidation sites excluding steroid dienone is 1. The predicted octanol–water partition coefficient (Wildman–Crippen LogP) is 2.63. The number of aryl methyl sites for hydroxylation is 1. The topological polar surface area (TPSA) is 0 Å². The van der Waals surface area contributed by atoms with E-state index in [0.717, 1.165) is 5.03 Å². The van der Waals surface area contributed by atoms with Crippen LogP contribution in [0.4, 0.5) is 21.7 Å². The maximum Gasteiger partial charge on any atom is 0.673 e. The molecule has 0 saturated carbocycles. The lowest BCUT2D eigenvalue weighted by Crippen LogP contribution is -3.59. The summed E-state index contributed by atoms with van der Waals surface area (Å²) in [5, 5.41) is 0.804. The standard InChI is InChI=1S/C13H16ClFI.BF4/c1-10-3-5-13(6-4-10)16-9-12(14)7-11(2)8-15;2-1(3,4)5/h3-6,9,11H,7-8H2,1-2H3;/q+1;-1/b12-9+;/t11-;/m0./s1. The number of benzene rings is 1. The molecule has 1 rings (SSSR count). The highest BCUT2D eigenvalue weighted by Crippen LogP contribution is 2.13. The van der Waals surface area contributed by atoms with Gasteiger partial charge in [0.25, 0.3) is 0 Å². The molecule has 1 aromatic carbocycles. The van der Waals surface area contributed by atoms with E-state index in [1.807, 2.05) is 6.92 Å². The highest BCUT2D eigenvalue weighted by molar-refractivity contribution is 6.50. The molecule has 120 valence electrons. The fourth-order valence-corrected chi connectivity index (χ4v) is 3.43. The van der Waals surface area contributed by atoms with Crippen molar-refractivity contribution in [3.8, 4) is 0 Å². The Morgan fingerprint density at radius 2 is 1.71 bits per heavy atom. The normalized spacial score (nSPS) is 13.4. The SMILES string of the molecule is Cc1ccc([I+]/C=C(/Cl)C[C@H](C)CF)cc1.F[B-](F)(F)F. The first-order valence-electron chi connectivity index (χ1n) is 6.09. The van der Waals surface area contributed by atoms with Gasteiger partial charge in [0.15, 0.2) is 7.65 Å². The van der Waals surface area contributed by atoms with Gasteiger partial charge < -0.3 is 17.3 Å². The second kappa shape index (κ2) is 10.4. The Labute approximate surface area is 137 Å². The van der Waals surface area contributed by atoms with E-state index in [1.54, 1.807) is 0 Å². The van der Waals surface area contributed by atoms with E-state index in [9.17, 15) is 21.7 Å². The van der Waals surface area contributed by atoms with Crippen molar-refractivity contribution >= 4 is 18.9 Å². The van der Waals surface area contributed by atoms with Crippen LogP contribution in [0.2, 0.25) is 0 Å². The van der Waals surface area contributed by atoms with E-state index in [0.29, 0.717) is 6.42 Å². The molecule has 0 heterocycles. The highest BCUT2D eigenvalue weighted by Gasteiger charge is 2.20. The van der Waals surface area contributed by atoms with Gasteiger partial charge in [-0.1, -0.05) is 36.2 Å². The largest absolute Gasteiger partial charge is 0.673 e. The minimum absolute atomic E-state index is 0.0331. The second-order valence-corrected chi connectivity index (χ2v) is 7.40. The Morgan fingerprint density at radius 3 is 2.14 bits per heavy atom. The quantitative estimate of drug-likeness (QED) is 0.375. The molecular weight excluding hydrogens is 424 g/mol. The zero-order valence-corrected chi connectivity index (χ0v) is 14.5. The summed E-state index contributed by atoms with van der Waals surface area (Å²) in [6.45, 7) is 3.65. The van der Waals surface area contributed by atoms with Gasteiger partial charge in [0.1, 0.15) is 0 Å². The van der Waals surface area contributed by atoms with Gasteiger partial charge in [-0.15, -0.1) is 0 Å². The average molecular weight is 440 g/mol. The van der Waals surface area contributed by atoms with Gasteiger partial charge in [-0.25, -0.2) is 0 Å². The van der Waals surface area contributed by atoms with Gasteiger partial charge in [0, 0.05) is 0 Å². The van der Waals surface area contributed by atoms with Crippen molar-refractivity contribution in [2.45, 2.75) is 20.3 Å². The molecule has 1 aromatic rings. The van der Waals surface area contributed by atoms with Crippen molar-refractivity contribution in [2.75, 3.05) is 6.67 Å². The lowest BCUT2D eigenvalue weighted by molar-refractivity contribution is -0.557. The number of hydrogen-bond donors (Lipinski definition) is 0. The van der Waals surface area contributed by atoms with E-state index in [1.165, 1.54) is 9.13 Å². The van der Waals surface area contributed by atoms with Crippen LogP contribution in [-0.2, 0) is 0 Å². The molecule has 21 heavy (non-hydrogen) atoms. The first-order valence-corrected chi connectivity index (χ1v) is 8.80. The van der Waals surface area contributed by atoms with Gasteiger partial charge in [-0.2, -0.15) is 0 Å². The van der Waals surface area contributed by atoms with Crippen LogP contribution in [-0.4, -0.2) is 13.9 Å².